The highest BCUT2D eigenvalue weighted by Crippen LogP contribution is 2.25. The molecule has 1 aromatic heterocycles. The van der Waals surface area contributed by atoms with Crippen molar-refractivity contribution in [3.63, 3.8) is 0 Å². The highest BCUT2D eigenvalue weighted by Gasteiger charge is 2.27. The van der Waals surface area contributed by atoms with Gasteiger partial charge in [-0.3, -0.25) is 14.4 Å². The van der Waals surface area contributed by atoms with E-state index < -0.39 is 0 Å². The average Bonchev–Trinajstić information content (AvgIpc) is 3.27. The van der Waals surface area contributed by atoms with Crippen LogP contribution in [0, 0.1) is 0 Å². The molecule has 1 N–H and O–H groups in total. The van der Waals surface area contributed by atoms with Crippen LogP contribution in [-0.4, -0.2) is 27.1 Å². The van der Waals surface area contributed by atoms with Crippen LogP contribution in [0.1, 0.15) is 39.8 Å². The summed E-state index contributed by atoms with van der Waals surface area (Å²) < 4.78 is 2.00. The van der Waals surface area contributed by atoms with Crippen LogP contribution in [0.25, 0.3) is 11.1 Å². The van der Waals surface area contributed by atoms with Gasteiger partial charge in [0, 0.05) is 50.4 Å². The Bertz CT molecular complexity index is 1250. The number of hydrogen-bond acceptors (Lipinski definition) is 3. The topological polar surface area (TPSA) is 50.2 Å². The molecule has 0 atom stereocenters. The number of amides is 1. The molecule has 0 saturated heterocycles. The predicted molar refractivity (Wildman–Crippen MR) is 135 cm³/mol. The fraction of sp³-hybridized carbons (Fsp3) is 0.241. The molecule has 0 spiro atoms. The minimum Gasteiger partial charge on any atom is -0.347 e. The number of nitrogens with zero attached hydrogens (tertiary/aromatic N) is 3. The summed E-state index contributed by atoms with van der Waals surface area (Å²) in [5.41, 5.74) is 7.66. The van der Waals surface area contributed by atoms with Crippen molar-refractivity contribution in [3.05, 3.63) is 113 Å². The Labute approximate surface area is 201 Å². The zero-order valence-corrected chi connectivity index (χ0v) is 19.6. The van der Waals surface area contributed by atoms with Crippen LogP contribution in [0.2, 0.25) is 0 Å². The molecule has 172 valence electrons. The molecule has 0 fully saturated rings. The lowest BCUT2D eigenvalue weighted by Gasteiger charge is -2.27. The van der Waals surface area contributed by atoms with Crippen molar-refractivity contribution in [2.45, 2.75) is 39.5 Å². The van der Waals surface area contributed by atoms with Gasteiger partial charge in [-0.05, 0) is 29.2 Å². The van der Waals surface area contributed by atoms with Crippen molar-refractivity contribution in [3.8, 4) is 11.1 Å². The Balaban J connectivity index is 1.29. The quantitative estimate of drug-likeness (QED) is 0.428. The number of hydrogen-bond donors (Lipinski definition) is 1. The van der Waals surface area contributed by atoms with Crippen LogP contribution in [0.5, 0.6) is 0 Å². The van der Waals surface area contributed by atoms with Gasteiger partial charge in [-0.2, -0.15) is 5.10 Å². The van der Waals surface area contributed by atoms with E-state index in [9.17, 15) is 4.79 Å². The first-order valence-electron chi connectivity index (χ1n) is 12.0. The molecule has 0 radical (unpaired) electrons. The number of aromatic nitrogens is 2. The number of fused-ring (bicyclic) bond motifs is 1. The smallest absolute Gasteiger partial charge is 0.272 e. The van der Waals surface area contributed by atoms with E-state index in [1.54, 1.807) is 0 Å². The summed E-state index contributed by atoms with van der Waals surface area (Å²) in [6.45, 7) is 5.92. The van der Waals surface area contributed by atoms with Crippen LogP contribution < -0.4 is 5.32 Å². The second-order valence-corrected chi connectivity index (χ2v) is 8.78. The van der Waals surface area contributed by atoms with Crippen molar-refractivity contribution in [1.82, 2.24) is 20.0 Å². The van der Waals surface area contributed by atoms with Gasteiger partial charge >= 0.3 is 0 Å². The Kier molecular flexibility index (Phi) is 6.54. The third-order valence-corrected chi connectivity index (χ3v) is 6.49. The minimum atomic E-state index is -0.0960. The normalized spacial score (nSPS) is 13.4. The van der Waals surface area contributed by atoms with Crippen molar-refractivity contribution < 1.29 is 4.79 Å². The van der Waals surface area contributed by atoms with Crippen molar-refractivity contribution in [2.75, 3.05) is 6.54 Å². The molecule has 0 unspecified atom stereocenters. The van der Waals surface area contributed by atoms with E-state index in [0.717, 1.165) is 43.7 Å². The number of aryl methyl sites for hydroxylation is 1. The summed E-state index contributed by atoms with van der Waals surface area (Å²) in [5, 5.41) is 7.74. The average molecular weight is 451 g/mol. The molecule has 1 aliphatic heterocycles. The molecule has 0 aliphatic carbocycles. The fourth-order valence-electron chi connectivity index (χ4n) is 4.68. The molecule has 0 bridgehead atoms. The van der Waals surface area contributed by atoms with Gasteiger partial charge in [-0.1, -0.05) is 84.9 Å². The fourth-order valence-corrected chi connectivity index (χ4v) is 4.68. The van der Waals surface area contributed by atoms with Crippen molar-refractivity contribution >= 4 is 5.91 Å². The first kappa shape index (κ1) is 22.1. The molecule has 5 rings (SSSR count). The lowest BCUT2D eigenvalue weighted by atomic mass is 10.0. The van der Waals surface area contributed by atoms with Gasteiger partial charge in [0.25, 0.3) is 5.91 Å². The first-order chi connectivity index (χ1) is 16.7. The largest absolute Gasteiger partial charge is 0.347 e. The summed E-state index contributed by atoms with van der Waals surface area (Å²) in [4.78, 5) is 15.5. The van der Waals surface area contributed by atoms with E-state index in [-0.39, 0.29) is 5.91 Å². The molecule has 5 nitrogen and oxygen atoms in total. The van der Waals surface area contributed by atoms with Gasteiger partial charge < -0.3 is 5.32 Å². The zero-order chi connectivity index (χ0) is 23.3. The third-order valence-electron chi connectivity index (χ3n) is 6.49. The van der Waals surface area contributed by atoms with Crippen LogP contribution in [0.3, 0.4) is 0 Å². The van der Waals surface area contributed by atoms with Crippen molar-refractivity contribution in [2.24, 2.45) is 0 Å². The van der Waals surface area contributed by atoms with Crippen LogP contribution in [-0.2, 0) is 32.6 Å². The summed E-state index contributed by atoms with van der Waals surface area (Å²) in [7, 11) is 0. The monoisotopic (exact) mass is 450 g/mol. The minimum absolute atomic E-state index is 0.0960. The standard InChI is InChI=1S/C29H30N4O/c1-2-33-27-17-18-32(20-23-13-15-25(16-14-23)24-11-7-4-8-12-24)21-26(27)28(31-33)29(34)30-19-22-9-5-3-6-10-22/h3-16H,2,17-21H2,1H3,(H,30,34). The Morgan fingerprint density at radius 3 is 2.26 bits per heavy atom. The molecule has 1 amide bonds. The predicted octanol–water partition coefficient (Wildman–Crippen LogP) is 5.06. The van der Waals surface area contributed by atoms with Gasteiger partial charge in [0.2, 0.25) is 0 Å². The van der Waals surface area contributed by atoms with Crippen LogP contribution in [0.4, 0.5) is 0 Å². The molecule has 5 heteroatoms. The maximum atomic E-state index is 13.1. The molecule has 4 aromatic rings. The van der Waals surface area contributed by atoms with Gasteiger partial charge in [0.1, 0.15) is 0 Å². The SMILES string of the molecule is CCn1nc(C(=O)NCc2ccccc2)c2c1CCN(Cc1ccc(-c3ccccc3)cc1)C2. The van der Waals surface area contributed by atoms with E-state index in [0.29, 0.717) is 12.2 Å². The Morgan fingerprint density at radius 2 is 1.56 bits per heavy atom. The van der Waals surface area contributed by atoms with Gasteiger partial charge in [0.15, 0.2) is 5.69 Å². The van der Waals surface area contributed by atoms with E-state index in [1.165, 1.54) is 22.4 Å². The lowest BCUT2D eigenvalue weighted by Crippen LogP contribution is -2.32. The maximum absolute atomic E-state index is 13.1. The molecule has 3 aromatic carbocycles. The maximum Gasteiger partial charge on any atom is 0.272 e. The van der Waals surface area contributed by atoms with E-state index >= 15 is 0 Å². The molecular weight excluding hydrogens is 420 g/mol. The number of nitrogens with one attached hydrogen (secondary N) is 1. The number of rotatable bonds is 7. The second kappa shape index (κ2) is 10.1. The number of benzene rings is 3. The first-order valence-corrected chi connectivity index (χ1v) is 12.0. The highest BCUT2D eigenvalue weighted by molar-refractivity contribution is 5.94. The summed E-state index contributed by atoms with van der Waals surface area (Å²) in [6, 6.07) is 29.2. The Morgan fingerprint density at radius 1 is 0.882 bits per heavy atom. The van der Waals surface area contributed by atoms with Gasteiger partial charge in [0.05, 0.1) is 0 Å². The molecular formula is C29H30N4O. The molecule has 34 heavy (non-hydrogen) atoms. The Hall–Kier alpha value is -3.70. The molecule has 1 aliphatic rings. The molecule has 2 heterocycles. The lowest BCUT2D eigenvalue weighted by molar-refractivity contribution is 0.0942. The summed E-state index contributed by atoms with van der Waals surface area (Å²) in [6.07, 6.45) is 0.907. The summed E-state index contributed by atoms with van der Waals surface area (Å²) in [5.74, 6) is -0.0960. The zero-order valence-electron chi connectivity index (χ0n) is 19.6. The second-order valence-electron chi connectivity index (χ2n) is 8.78. The molecule has 0 saturated carbocycles. The van der Waals surface area contributed by atoms with Crippen LogP contribution >= 0.6 is 0 Å². The summed E-state index contributed by atoms with van der Waals surface area (Å²) >= 11 is 0. The van der Waals surface area contributed by atoms with E-state index in [4.69, 9.17) is 0 Å². The van der Waals surface area contributed by atoms with Gasteiger partial charge in [-0.25, -0.2) is 0 Å². The number of carbonyl (C=O) groups is 1. The van der Waals surface area contributed by atoms with Crippen molar-refractivity contribution in [1.29, 1.82) is 0 Å². The highest BCUT2D eigenvalue weighted by atomic mass is 16.1. The third kappa shape index (κ3) is 4.80. The van der Waals surface area contributed by atoms with E-state index in [2.05, 4.69) is 70.8 Å². The van der Waals surface area contributed by atoms with E-state index in [1.807, 2.05) is 41.1 Å². The number of carbonyl (C=O) groups excluding carboxylic acids is 1. The van der Waals surface area contributed by atoms with Crippen LogP contribution in [0.15, 0.2) is 84.9 Å². The van der Waals surface area contributed by atoms with Gasteiger partial charge in [-0.15, -0.1) is 0 Å².